The molecule has 2 aromatic heterocycles. The first-order valence-corrected chi connectivity index (χ1v) is 7.36. The molecule has 0 fully saturated rings. The van der Waals surface area contributed by atoms with Gasteiger partial charge in [-0.05, 0) is 42.1 Å². The Morgan fingerprint density at radius 2 is 2.19 bits per heavy atom. The zero-order valence-corrected chi connectivity index (χ0v) is 12.5. The second-order valence-electron chi connectivity index (χ2n) is 4.44. The highest BCUT2D eigenvalue weighted by molar-refractivity contribution is 7.13. The molecule has 106 valence electrons. The van der Waals surface area contributed by atoms with Crippen molar-refractivity contribution in [3.8, 4) is 22.1 Å². The SMILES string of the molecule is Cc1cc(Cl)ccc1-c1oc(-c2cccs2)nc1C(=O)O. The van der Waals surface area contributed by atoms with E-state index in [1.807, 2.05) is 24.4 Å². The Hall–Kier alpha value is -2.11. The topological polar surface area (TPSA) is 63.3 Å². The van der Waals surface area contributed by atoms with E-state index in [2.05, 4.69) is 4.98 Å². The third-order valence-corrected chi connectivity index (χ3v) is 4.09. The molecule has 0 saturated heterocycles. The second kappa shape index (κ2) is 5.35. The van der Waals surface area contributed by atoms with Crippen LogP contribution in [0.5, 0.6) is 0 Å². The molecule has 0 amide bonds. The van der Waals surface area contributed by atoms with Gasteiger partial charge in [-0.2, -0.15) is 0 Å². The van der Waals surface area contributed by atoms with E-state index in [1.54, 1.807) is 18.2 Å². The predicted molar refractivity (Wildman–Crippen MR) is 82.0 cm³/mol. The number of aromatic nitrogens is 1. The third kappa shape index (κ3) is 2.57. The van der Waals surface area contributed by atoms with Crippen LogP contribution in [0.4, 0.5) is 0 Å². The van der Waals surface area contributed by atoms with Crippen molar-refractivity contribution in [2.45, 2.75) is 6.92 Å². The lowest BCUT2D eigenvalue weighted by Gasteiger charge is -2.03. The molecule has 0 aliphatic carbocycles. The highest BCUT2D eigenvalue weighted by atomic mass is 35.5. The molecule has 1 N–H and O–H groups in total. The number of carboxylic acids is 1. The van der Waals surface area contributed by atoms with Gasteiger partial charge in [-0.3, -0.25) is 0 Å². The molecule has 0 aliphatic rings. The maximum Gasteiger partial charge on any atom is 0.358 e. The minimum absolute atomic E-state index is 0.0937. The Morgan fingerprint density at radius 3 is 2.81 bits per heavy atom. The number of oxazole rings is 1. The zero-order chi connectivity index (χ0) is 15.0. The van der Waals surface area contributed by atoms with Crippen LogP contribution in [0.2, 0.25) is 5.02 Å². The molecule has 0 unspecified atom stereocenters. The summed E-state index contributed by atoms with van der Waals surface area (Å²) in [6.07, 6.45) is 0. The van der Waals surface area contributed by atoms with Crippen LogP contribution >= 0.6 is 22.9 Å². The van der Waals surface area contributed by atoms with Crippen molar-refractivity contribution in [3.05, 3.63) is 52.0 Å². The number of nitrogens with zero attached hydrogens (tertiary/aromatic N) is 1. The Morgan fingerprint density at radius 1 is 1.38 bits per heavy atom. The molecule has 21 heavy (non-hydrogen) atoms. The Kier molecular flexibility index (Phi) is 3.53. The molecule has 0 spiro atoms. The zero-order valence-electron chi connectivity index (χ0n) is 11.0. The summed E-state index contributed by atoms with van der Waals surface area (Å²) in [5.74, 6) is -0.558. The molecule has 3 rings (SSSR count). The predicted octanol–water partition coefficient (Wildman–Crippen LogP) is 4.73. The van der Waals surface area contributed by atoms with Gasteiger partial charge >= 0.3 is 5.97 Å². The number of carboxylic acid groups (broad SMARTS) is 1. The van der Waals surface area contributed by atoms with Gasteiger partial charge in [-0.25, -0.2) is 9.78 Å². The normalized spacial score (nSPS) is 10.8. The van der Waals surface area contributed by atoms with E-state index < -0.39 is 5.97 Å². The van der Waals surface area contributed by atoms with Crippen molar-refractivity contribution in [3.63, 3.8) is 0 Å². The maximum atomic E-state index is 11.4. The van der Waals surface area contributed by atoms with Crippen LogP contribution in [0.3, 0.4) is 0 Å². The van der Waals surface area contributed by atoms with Crippen molar-refractivity contribution >= 4 is 28.9 Å². The first-order valence-electron chi connectivity index (χ1n) is 6.11. The summed E-state index contributed by atoms with van der Waals surface area (Å²) in [7, 11) is 0. The van der Waals surface area contributed by atoms with Gasteiger partial charge in [0.05, 0.1) is 4.88 Å². The van der Waals surface area contributed by atoms with Gasteiger partial charge in [0.15, 0.2) is 11.5 Å². The molecule has 0 aliphatic heterocycles. The fourth-order valence-electron chi connectivity index (χ4n) is 2.04. The number of aromatic carboxylic acids is 1. The van der Waals surface area contributed by atoms with Crippen LogP contribution in [0.15, 0.2) is 40.1 Å². The van der Waals surface area contributed by atoms with Crippen molar-refractivity contribution in [2.24, 2.45) is 0 Å². The number of hydrogen-bond donors (Lipinski definition) is 1. The van der Waals surface area contributed by atoms with Crippen molar-refractivity contribution in [2.75, 3.05) is 0 Å². The maximum absolute atomic E-state index is 11.4. The Bertz CT molecular complexity index is 808. The van der Waals surface area contributed by atoms with Crippen molar-refractivity contribution < 1.29 is 14.3 Å². The molecule has 4 nitrogen and oxygen atoms in total. The molecule has 2 heterocycles. The number of rotatable bonds is 3. The Balaban J connectivity index is 2.19. The van der Waals surface area contributed by atoms with Crippen LogP contribution in [0.1, 0.15) is 16.1 Å². The third-order valence-electron chi connectivity index (χ3n) is 2.99. The van der Waals surface area contributed by atoms with Gasteiger partial charge in [-0.15, -0.1) is 11.3 Å². The highest BCUT2D eigenvalue weighted by Crippen LogP contribution is 2.34. The van der Waals surface area contributed by atoms with Crippen LogP contribution in [-0.4, -0.2) is 16.1 Å². The largest absolute Gasteiger partial charge is 0.476 e. The van der Waals surface area contributed by atoms with Crippen LogP contribution in [0, 0.1) is 6.92 Å². The summed E-state index contributed by atoms with van der Waals surface area (Å²) < 4.78 is 5.70. The van der Waals surface area contributed by atoms with Crippen LogP contribution < -0.4 is 0 Å². The van der Waals surface area contributed by atoms with Gasteiger partial charge in [0.1, 0.15) is 0 Å². The number of carbonyl (C=O) groups is 1. The molecule has 0 radical (unpaired) electrons. The first-order chi connectivity index (χ1) is 10.1. The number of halogens is 1. The Labute approximate surface area is 129 Å². The smallest absolute Gasteiger partial charge is 0.358 e. The van der Waals surface area contributed by atoms with E-state index in [0.29, 0.717) is 16.5 Å². The molecular formula is C15H10ClNO3S. The fraction of sp³-hybridized carbons (Fsp3) is 0.0667. The van der Waals surface area contributed by atoms with Gasteiger partial charge in [-0.1, -0.05) is 17.7 Å². The number of hydrogen-bond acceptors (Lipinski definition) is 4. The van der Waals surface area contributed by atoms with E-state index in [4.69, 9.17) is 16.0 Å². The number of aryl methyl sites for hydroxylation is 1. The summed E-state index contributed by atoms with van der Waals surface area (Å²) in [6.45, 7) is 1.85. The van der Waals surface area contributed by atoms with Crippen LogP contribution in [-0.2, 0) is 0 Å². The molecule has 6 heteroatoms. The molecule has 1 aromatic carbocycles. The number of thiophene rings is 1. The molecular weight excluding hydrogens is 310 g/mol. The summed E-state index contributed by atoms with van der Waals surface area (Å²) in [5.41, 5.74) is 1.41. The molecule has 0 atom stereocenters. The summed E-state index contributed by atoms with van der Waals surface area (Å²) in [5, 5.41) is 11.8. The summed E-state index contributed by atoms with van der Waals surface area (Å²) in [4.78, 5) is 16.3. The lowest BCUT2D eigenvalue weighted by molar-refractivity contribution is 0.0691. The van der Waals surface area contributed by atoms with Gasteiger partial charge < -0.3 is 9.52 Å². The lowest BCUT2D eigenvalue weighted by Crippen LogP contribution is -1.99. The monoisotopic (exact) mass is 319 g/mol. The minimum atomic E-state index is -1.12. The van der Waals surface area contributed by atoms with Crippen molar-refractivity contribution in [1.29, 1.82) is 0 Å². The van der Waals surface area contributed by atoms with Crippen molar-refractivity contribution in [1.82, 2.24) is 4.98 Å². The van der Waals surface area contributed by atoms with E-state index in [1.165, 1.54) is 11.3 Å². The van der Waals surface area contributed by atoms with E-state index in [-0.39, 0.29) is 11.5 Å². The molecule has 3 aromatic rings. The van der Waals surface area contributed by atoms with E-state index in [0.717, 1.165) is 10.4 Å². The van der Waals surface area contributed by atoms with Gasteiger partial charge in [0.25, 0.3) is 0 Å². The summed E-state index contributed by atoms with van der Waals surface area (Å²) >= 11 is 7.37. The average Bonchev–Trinajstić information content (AvgIpc) is 3.07. The van der Waals surface area contributed by atoms with E-state index >= 15 is 0 Å². The van der Waals surface area contributed by atoms with E-state index in [9.17, 15) is 9.90 Å². The minimum Gasteiger partial charge on any atom is -0.476 e. The molecule has 0 saturated carbocycles. The lowest BCUT2D eigenvalue weighted by atomic mass is 10.1. The average molecular weight is 320 g/mol. The number of benzene rings is 1. The van der Waals surface area contributed by atoms with Crippen LogP contribution in [0.25, 0.3) is 22.1 Å². The standard InChI is InChI=1S/C15H10ClNO3S/c1-8-7-9(16)4-5-10(8)13-12(15(18)19)17-14(20-13)11-3-2-6-21-11/h2-7H,1H3,(H,18,19). The van der Waals surface area contributed by atoms with Gasteiger partial charge in [0.2, 0.25) is 5.89 Å². The quantitative estimate of drug-likeness (QED) is 0.758. The molecule has 0 bridgehead atoms. The van der Waals surface area contributed by atoms with Gasteiger partial charge in [0, 0.05) is 10.6 Å². The fourth-order valence-corrected chi connectivity index (χ4v) is 2.91. The first kappa shape index (κ1) is 13.9. The summed E-state index contributed by atoms with van der Waals surface area (Å²) in [6, 6.07) is 8.89. The highest BCUT2D eigenvalue weighted by Gasteiger charge is 2.23. The second-order valence-corrected chi connectivity index (χ2v) is 5.82.